The molecule has 0 saturated carbocycles. The minimum absolute atomic E-state index is 0. The zero-order valence-electron chi connectivity index (χ0n) is 13.3. The first-order valence-electron chi connectivity index (χ1n) is 4.91. The summed E-state index contributed by atoms with van der Waals surface area (Å²) in [6.45, 7) is 14.2. The topological polar surface area (TPSA) is 12.0 Å². The van der Waals surface area contributed by atoms with E-state index in [-0.39, 0.29) is 190 Å². The molecule has 0 aromatic heterocycles. The molecule has 0 spiro atoms. The van der Waals surface area contributed by atoms with E-state index in [0.717, 1.165) is 9.59 Å². The molecule has 0 fully saturated rings. The number of hydrogen-bond acceptors (Lipinski definition) is 1. The van der Waals surface area contributed by atoms with Crippen LogP contribution in [0.2, 0.25) is 0 Å². The Bertz CT molecular complexity index is 303. The van der Waals surface area contributed by atoms with Crippen LogP contribution in [-0.2, 0) is 228 Å². The molecule has 0 atom stereocenters. The molecule has 0 aliphatic carbocycles. The monoisotopic (exact) mass is 2200 g/mol. The van der Waals surface area contributed by atoms with Gasteiger partial charge in [-0.05, 0) is 0 Å². The van der Waals surface area contributed by atoms with E-state index in [0.29, 0.717) is 11.8 Å². The molecule has 0 aromatic carbocycles. The van der Waals surface area contributed by atoms with E-state index in [9.17, 15) is 0 Å². The molecule has 0 aromatic rings. The van der Waals surface area contributed by atoms with Crippen LogP contribution in [0.4, 0.5) is 0 Å². The van der Waals surface area contributed by atoms with Crippen molar-refractivity contribution < 1.29 is 228 Å². The third-order valence-electron chi connectivity index (χ3n) is 1.69. The molecule has 1 heterocycles. The van der Waals surface area contributed by atoms with Gasteiger partial charge in [0.15, 0.2) is 0 Å². The van der Waals surface area contributed by atoms with Gasteiger partial charge in [0.05, 0.1) is 0 Å². The van der Waals surface area contributed by atoms with Crippen LogP contribution in [0.15, 0.2) is 17.3 Å². The maximum Gasteiger partial charge on any atom is 0 e. The molecule has 0 amide bonds. The molecule has 1 nitrogen and oxygen atoms in total. The van der Waals surface area contributed by atoms with E-state index in [2.05, 4.69) is 37.4 Å². The molecule has 0 unspecified atom stereocenters. The minimum Gasteiger partial charge on any atom is 0 e. The smallest absolute Gasteiger partial charge is 0 e. The first kappa shape index (κ1) is 63.2. The Labute approximate surface area is 299 Å². The summed E-state index contributed by atoms with van der Waals surface area (Å²) in [6, 6.07) is 0. The van der Waals surface area contributed by atoms with Crippen LogP contribution in [0.25, 0.3) is 0 Å². The maximum absolute atomic E-state index is 5.67. The van der Waals surface area contributed by atoms with Gasteiger partial charge in [-0.1, -0.05) is 0 Å². The average Bonchev–Trinajstić information content (AvgIpc) is 2.48. The third-order valence-corrected chi connectivity index (χ3v) is 4.60. The molecule has 138 valence electrons. The van der Waals surface area contributed by atoms with Crippen molar-refractivity contribution >= 4 is 8.42 Å². The molecule has 24 heavy (non-hydrogen) atoms. The van der Waals surface area contributed by atoms with Gasteiger partial charge in [-0.15, -0.1) is 0 Å². The number of rotatable bonds is 2. The van der Waals surface area contributed by atoms with Crippen LogP contribution >= 0.6 is 0 Å². The Kier molecular flexibility index (Phi) is 105. The summed E-state index contributed by atoms with van der Waals surface area (Å²) in [4.78, 5) is 0. The largest absolute Gasteiger partial charge is 0 e. The van der Waals surface area contributed by atoms with Crippen LogP contribution in [0.3, 0.4) is 0 Å². The summed E-state index contributed by atoms with van der Waals surface area (Å²) in [7, 11) is 0. The van der Waals surface area contributed by atoms with Crippen molar-refractivity contribution in [3.63, 3.8) is 0 Å². The first-order valence-corrected chi connectivity index (χ1v) is 7.84. The van der Waals surface area contributed by atoms with E-state index in [1.165, 1.54) is 44.4 Å². The van der Waals surface area contributed by atoms with Crippen molar-refractivity contribution in [2.45, 2.75) is 27.7 Å². The fraction of sp³-hybridized carbons (Fsp3) is 0.500. The molecule has 0 radical (unpaired) electrons. The summed E-state index contributed by atoms with van der Waals surface area (Å²) in [5.41, 5.74) is 2.14. The normalized spacial score (nSPS) is 9.17. The fourth-order valence-electron chi connectivity index (χ4n) is 0.783. The summed E-state index contributed by atoms with van der Waals surface area (Å²) in [5, 5.41) is 3.26. The second-order valence-corrected chi connectivity index (χ2v) is 6.25. The van der Waals surface area contributed by atoms with Crippen LogP contribution in [0.1, 0.15) is 27.7 Å². The SMILES string of the molecule is CC(C)[C-]=[W].[CH-]=C1C=C(C(C)C)N[C]1=[W].[W].[W].[W].[W].[W].[W].[W].[W].[W]. The third kappa shape index (κ3) is 36.0. The Morgan fingerprint density at radius 2 is 1.17 bits per heavy atom. The van der Waals surface area contributed by atoms with Crippen LogP contribution in [0.5, 0.6) is 0 Å². The van der Waals surface area contributed by atoms with E-state index in [1.807, 2.05) is 6.08 Å². The van der Waals surface area contributed by atoms with E-state index < -0.39 is 0 Å². The zero-order valence-corrected chi connectivity index (χ0v) is 45.6. The van der Waals surface area contributed by atoms with Gasteiger partial charge < -0.3 is 0 Å². The molecule has 1 aliphatic rings. The Morgan fingerprint density at radius 1 is 0.875 bits per heavy atom. The second-order valence-electron chi connectivity index (χ2n) is 3.94. The average molecular weight is 2200 g/mol. The van der Waals surface area contributed by atoms with E-state index in [4.69, 9.17) is 6.58 Å². The predicted octanol–water partition coefficient (Wildman–Crippen LogP) is 2.01. The second kappa shape index (κ2) is 40.0. The number of allylic oxidation sites excluding steroid dienone is 1. The van der Waals surface area contributed by atoms with Gasteiger partial charge in [-0.25, -0.2) is 0 Å². The summed E-state index contributed by atoms with van der Waals surface area (Å²) >= 11 is 2.86. The maximum atomic E-state index is 5.67. The fourth-order valence-corrected chi connectivity index (χ4v) is 1.42. The molecule has 1 N–H and O–H groups in total. The molecule has 1 rings (SSSR count). The van der Waals surface area contributed by atoms with Crippen LogP contribution in [-0.4, -0.2) is 8.42 Å². The summed E-state index contributed by atoms with van der Waals surface area (Å²) < 4.78 is 4.27. The van der Waals surface area contributed by atoms with Gasteiger partial charge in [-0.2, -0.15) is 0 Å². The molecule has 1 aliphatic heterocycles. The molecule has 0 bridgehead atoms. The van der Waals surface area contributed by atoms with Crippen molar-refractivity contribution in [1.82, 2.24) is 5.32 Å². The molecular formula is C12H17NW11-2. The molecule has 0 saturated heterocycles. The van der Waals surface area contributed by atoms with Gasteiger partial charge in [-0.3, -0.25) is 0 Å². The Morgan fingerprint density at radius 3 is 1.25 bits per heavy atom. The Balaban J connectivity index is -0.0000000162. The number of hydrogen-bond donors (Lipinski definition) is 1. The van der Waals surface area contributed by atoms with E-state index in [1.54, 1.807) is 0 Å². The summed E-state index contributed by atoms with van der Waals surface area (Å²) in [6.07, 6.45) is 2.02. The quantitative estimate of drug-likeness (QED) is 0.419. The van der Waals surface area contributed by atoms with Crippen molar-refractivity contribution in [2.75, 3.05) is 0 Å². The van der Waals surface area contributed by atoms with Crippen molar-refractivity contribution in [3.8, 4) is 0 Å². The van der Waals surface area contributed by atoms with E-state index >= 15 is 0 Å². The van der Waals surface area contributed by atoms with Gasteiger partial charge in [0.1, 0.15) is 0 Å². The van der Waals surface area contributed by atoms with Gasteiger partial charge in [0.2, 0.25) is 0 Å². The predicted molar refractivity (Wildman–Crippen MR) is 58.7 cm³/mol. The van der Waals surface area contributed by atoms with Crippen molar-refractivity contribution in [1.29, 1.82) is 0 Å². The van der Waals surface area contributed by atoms with Gasteiger partial charge in [0, 0.05) is 190 Å². The first-order chi connectivity index (χ1) is 6.88. The van der Waals surface area contributed by atoms with Crippen molar-refractivity contribution in [2.24, 2.45) is 11.8 Å². The minimum atomic E-state index is 0. The van der Waals surface area contributed by atoms with Crippen LogP contribution < -0.4 is 5.32 Å². The number of nitrogens with one attached hydrogen (secondary N) is 1. The van der Waals surface area contributed by atoms with Crippen LogP contribution in [0, 0.1) is 18.4 Å². The summed E-state index contributed by atoms with van der Waals surface area (Å²) in [5.74, 6) is 1.22. The van der Waals surface area contributed by atoms with Gasteiger partial charge in [0.25, 0.3) is 0 Å². The Hall–Kier alpha value is 6.59. The standard InChI is InChI=1S/C8H10N.C4H7.11W/c1-6(2)8-4-7(3)5-9-8;1-4(2)3;;;;;;;;;;;/h3-4,6,9H,1-2H3;4H,1-2H3;;;;;;;;;;;/q2*-1;;;;;;;;;;;. The molecular weight excluding hydrogens is 2180 g/mol. The molecule has 12 heteroatoms. The zero-order chi connectivity index (χ0) is 12.0. The van der Waals surface area contributed by atoms with Crippen molar-refractivity contribution in [3.05, 3.63) is 23.9 Å². The van der Waals surface area contributed by atoms with Gasteiger partial charge >= 0.3 is 116 Å².